The molecule has 0 radical (unpaired) electrons. The Balaban J connectivity index is 0.000000354. The van der Waals surface area contributed by atoms with Gasteiger partial charge in [0.25, 0.3) is 0 Å². The summed E-state index contributed by atoms with van der Waals surface area (Å²) in [5.74, 6) is 0. The van der Waals surface area contributed by atoms with Crippen molar-refractivity contribution in [1.29, 1.82) is 0 Å². The second kappa shape index (κ2) is 9.90. The Hall–Kier alpha value is -1.01. The van der Waals surface area contributed by atoms with Gasteiger partial charge in [0, 0.05) is 0 Å². The molecule has 0 N–H and O–H groups in total. The fourth-order valence-corrected chi connectivity index (χ4v) is 2.22. The minimum Gasteiger partial charge on any atom is -1.00 e. The Morgan fingerprint density at radius 2 is 1.68 bits per heavy atom. The minimum atomic E-state index is 0. The maximum atomic E-state index is 3.89. The van der Waals surface area contributed by atoms with Gasteiger partial charge in [0.1, 0.15) is 0 Å². The van der Waals surface area contributed by atoms with Crippen LogP contribution in [0.25, 0.3) is 29.5 Å². The molecule has 0 spiro atoms. The summed E-state index contributed by atoms with van der Waals surface area (Å²) < 4.78 is 0. The fraction of sp³-hybridized carbons (Fsp3) is 0. The molecule has 1 aliphatic rings. The van der Waals surface area contributed by atoms with Gasteiger partial charge in [-0.2, -0.15) is 29.7 Å². The Kier molecular flexibility index (Phi) is 9.45. The Morgan fingerprint density at radius 1 is 0.909 bits per heavy atom. The molecule has 3 heteroatoms. The molecule has 0 atom stereocenters. The molecule has 22 heavy (non-hydrogen) atoms. The molecule has 0 heterocycles. The van der Waals surface area contributed by atoms with Crippen LogP contribution in [0.1, 0.15) is 5.56 Å². The minimum absolute atomic E-state index is 0. The van der Waals surface area contributed by atoms with Crippen molar-refractivity contribution < 1.29 is 51.0 Å². The van der Waals surface area contributed by atoms with Gasteiger partial charge in [0.05, 0.1) is 0 Å². The number of fused-ring (bicyclic) bond motifs is 2. The van der Waals surface area contributed by atoms with Crippen molar-refractivity contribution in [3.05, 3.63) is 82.7 Å². The van der Waals surface area contributed by atoms with Crippen LogP contribution in [0.15, 0.2) is 66.7 Å². The molecule has 0 bridgehead atoms. The zero-order valence-electron chi connectivity index (χ0n) is 11.9. The van der Waals surface area contributed by atoms with Gasteiger partial charge in [-0.1, -0.05) is 18.2 Å². The van der Waals surface area contributed by atoms with Gasteiger partial charge in [-0.15, -0.1) is 64.4 Å². The fourth-order valence-electron chi connectivity index (χ4n) is 2.22. The largest absolute Gasteiger partial charge is 4.00 e. The van der Waals surface area contributed by atoms with Crippen LogP contribution in [-0.4, -0.2) is 0 Å². The van der Waals surface area contributed by atoms with E-state index in [-0.39, 0.29) is 51.0 Å². The van der Waals surface area contributed by atoms with Crippen LogP contribution >= 0.6 is 0 Å². The summed E-state index contributed by atoms with van der Waals surface area (Å²) in [6.45, 7) is 3.89. The molecular formula is C19H14Cl2Zr. The second-order valence-corrected chi connectivity index (χ2v) is 4.51. The van der Waals surface area contributed by atoms with E-state index in [1.165, 1.54) is 16.3 Å². The summed E-state index contributed by atoms with van der Waals surface area (Å²) in [7, 11) is 0. The van der Waals surface area contributed by atoms with E-state index in [0.717, 1.165) is 10.4 Å². The molecule has 0 unspecified atom stereocenters. The van der Waals surface area contributed by atoms with Gasteiger partial charge in [-0.25, -0.2) is 0 Å². The quantitative estimate of drug-likeness (QED) is 0.359. The number of benzene rings is 2. The molecule has 108 valence electrons. The van der Waals surface area contributed by atoms with E-state index in [9.17, 15) is 0 Å². The van der Waals surface area contributed by atoms with Crippen molar-refractivity contribution in [2.24, 2.45) is 0 Å². The maximum absolute atomic E-state index is 3.89. The van der Waals surface area contributed by atoms with Crippen LogP contribution in [0.3, 0.4) is 0 Å². The maximum Gasteiger partial charge on any atom is 4.00 e. The van der Waals surface area contributed by atoms with Crippen molar-refractivity contribution in [1.82, 2.24) is 0 Å². The predicted molar refractivity (Wildman–Crippen MR) is 83.2 cm³/mol. The summed E-state index contributed by atoms with van der Waals surface area (Å²) in [5, 5.41) is 4.86. The topological polar surface area (TPSA) is 0 Å². The van der Waals surface area contributed by atoms with E-state index in [1.54, 1.807) is 0 Å². The number of hydrogen-bond donors (Lipinski definition) is 0. The van der Waals surface area contributed by atoms with Crippen molar-refractivity contribution in [2.75, 3.05) is 0 Å². The monoisotopic (exact) mass is 402 g/mol. The van der Waals surface area contributed by atoms with Gasteiger partial charge in [-0.05, 0) is 0 Å². The van der Waals surface area contributed by atoms with Crippen molar-refractivity contribution in [3.63, 3.8) is 0 Å². The molecular weight excluding hydrogens is 390 g/mol. The number of allylic oxidation sites excluding steroid dienone is 1. The van der Waals surface area contributed by atoms with E-state index in [4.69, 9.17) is 0 Å². The van der Waals surface area contributed by atoms with E-state index in [1.807, 2.05) is 24.3 Å². The molecule has 0 amide bonds. The van der Waals surface area contributed by atoms with Gasteiger partial charge in [0.2, 0.25) is 0 Å². The third kappa shape index (κ3) is 4.75. The van der Waals surface area contributed by atoms with Gasteiger partial charge in [0.15, 0.2) is 0 Å². The molecule has 0 aromatic heterocycles. The van der Waals surface area contributed by atoms with E-state index < -0.39 is 0 Å². The van der Waals surface area contributed by atoms with Gasteiger partial charge < -0.3 is 24.8 Å². The smallest absolute Gasteiger partial charge is 1.00 e. The molecule has 0 saturated carbocycles. The van der Waals surface area contributed by atoms with Crippen LogP contribution in [0.4, 0.5) is 0 Å². The third-order valence-corrected chi connectivity index (χ3v) is 3.22. The van der Waals surface area contributed by atoms with Crippen LogP contribution in [-0.2, 0) is 26.2 Å². The first-order valence-electron chi connectivity index (χ1n) is 6.33. The van der Waals surface area contributed by atoms with Crippen molar-refractivity contribution >= 4 is 29.5 Å². The molecule has 4 rings (SSSR count). The second-order valence-electron chi connectivity index (χ2n) is 4.51. The average molecular weight is 404 g/mol. The molecule has 0 aliphatic heterocycles. The summed E-state index contributed by atoms with van der Waals surface area (Å²) in [6, 6.07) is 20.8. The molecule has 3 aromatic carbocycles. The van der Waals surface area contributed by atoms with E-state index in [2.05, 4.69) is 61.2 Å². The predicted octanol–water partition coefficient (Wildman–Crippen LogP) is -2.65. The summed E-state index contributed by atoms with van der Waals surface area (Å²) in [4.78, 5) is 0. The standard InChI is InChI=1S/C10H7.C9H7.2ClH.Zr/c1-8-4-2-5-9-6-3-7-10(8)9;1-2-5-9-7-3-6-8(9)4-1;;;/h2-6H,1H2;1-7H;2*1H;/q2*-1;;;+4/p-2. The summed E-state index contributed by atoms with van der Waals surface area (Å²) in [5.41, 5.74) is 1.23. The summed E-state index contributed by atoms with van der Waals surface area (Å²) in [6.07, 6.45) is 7.10. The van der Waals surface area contributed by atoms with E-state index in [0.29, 0.717) is 0 Å². The summed E-state index contributed by atoms with van der Waals surface area (Å²) >= 11 is 0. The normalized spacial score (nSPS) is 10.0. The van der Waals surface area contributed by atoms with Gasteiger partial charge in [-0.3, -0.25) is 0 Å². The zero-order chi connectivity index (χ0) is 13.1. The van der Waals surface area contributed by atoms with Crippen LogP contribution in [0.2, 0.25) is 0 Å². The molecule has 0 saturated heterocycles. The number of hydrogen-bond acceptors (Lipinski definition) is 0. The SMILES string of the molecule is C=c1cccc2c1=[C-]C=C2.[Cl-].[Cl-].[Zr+4].c1ccc2[cH-]ccc2c1. The number of halogens is 2. The number of rotatable bonds is 0. The first-order chi connectivity index (χ1) is 9.34. The molecule has 3 aromatic rings. The zero-order valence-corrected chi connectivity index (χ0v) is 15.9. The first kappa shape index (κ1) is 21.0. The van der Waals surface area contributed by atoms with Gasteiger partial charge >= 0.3 is 26.2 Å². The molecule has 0 nitrogen and oxygen atoms in total. The molecule has 0 fully saturated rings. The van der Waals surface area contributed by atoms with Crippen LogP contribution < -0.4 is 35.3 Å². The van der Waals surface area contributed by atoms with E-state index >= 15 is 0 Å². The third-order valence-electron chi connectivity index (χ3n) is 3.22. The first-order valence-corrected chi connectivity index (χ1v) is 6.33. The Bertz CT molecular complexity index is 817. The average Bonchev–Trinajstić information content (AvgIpc) is 3.08. The van der Waals surface area contributed by atoms with Crippen LogP contribution in [0.5, 0.6) is 0 Å². The molecule has 1 aliphatic carbocycles. The Morgan fingerprint density at radius 3 is 2.41 bits per heavy atom. The Labute approximate surface area is 162 Å². The van der Waals surface area contributed by atoms with Crippen molar-refractivity contribution in [2.45, 2.75) is 0 Å². The van der Waals surface area contributed by atoms with Crippen LogP contribution in [0, 0.1) is 0 Å². The van der Waals surface area contributed by atoms with Crippen molar-refractivity contribution in [3.8, 4) is 0 Å².